The molecular weight excluding hydrogens is 358 g/mol. The summed E-state index contributed by atoms with van der Waals surface area (Å²) in [5.74, 6) is 0.195. The number of amides is 2. The van der Waals surface area contributed by atoms with Gasteiger partial charge in [0.2, 0.25) is 11.8 Å². The van der Waals surface area contributed by atoms with E-state index in [4.69, 9.17) is 4.74 Å². The normalized spacial score (nSPS) is 21.2. The fourth-order valence-corrected chi connectivity index (χ4v) is 3.99. The van der Waals surface area contributed by atoms with Crippen molar-refractivity contribution < 1.29 is 14.3 Å². The number of nitrogens with zero attached hydrogens (tertiary/aromatic N) is 5. The smallest absolute Gasteiger partial charge is 0.227 e. The summed E-state index contributed by atoms with van der Waals surface area (Å²) in [6.45, 7) is 10.7. The zero-order chi connectivity index (χ0) is 20.1. The number of hydrogen-bond acceptors (Lipinski definition) is 5. The number of carbonyl (C=O) groups excluding carboxylic acids is 2. The molecule has 0 unspecified atom stereocenters. The molecule has 1 aromatic rings. The molecule has 2 aliphatic heterocycles. The van der Waals surface area contributed by atoms with Crippen molar-refractivity contribution in [1.29, 1.82) is 0 Å². The SMILES string of the molecule is Cc1cc(C)n(CCN(C)C(=O)[C@@H]2CCC(=O)N(CCN3CCOCC3)C2)n1. The molecule has 0 N–H and O–H groups in total. The van der Waals surface area contributed by atoms with E-state index in [1.807, 2.05) is 36.5 Å². The summed E-state index contributed by atoms with van der Waals surface area (Å²) in [6, 6.07) is 2.04. The topological polar surface area (TPSA) is 70.9 Å². The standard InChI is InChI=1S/C20H33N5O3/c1-16-14-17(2)25(21-16)9-6-22(3)20(27)18-4-5-19(26)24(15-18)8-7-23-10-12-28-13-11-23/h14,18H,4-13,15H2,1-3H3/t18-/m1/s1. The second kappa shape index (κ2) is 9.52. The Kier molecular flexibility index (Phi) is 7.07. The molecule has 156 valence electrons. The highest BCUT2D eigenvalue weighted by Gasteiger charge is 2.32. The van der Waals surface area contributed by atoms with Crippen molar-refractivity contribution >= 4 is 11.8 Å². The molecule has 3 rings (SSSR count). The molecule has 8 nitrogen and oxygen atoms in total. The number of carbonyl (C=O) groups is 2. The Bertz CT molecular complexity index is 683. The maximum absolute atomic E-state index is 12.9. The van der Waals surface area contributed by atoms with Crippen molar-refractivity contribution in [3.8, 4) is 0 Å². The van der Waals surface area contributed by atoms with E-state index in [-0.39, 0.29) is 17.7 Å². The number of hydrogen-bond donors (Lipinski definition) is 0. The third-order valence-electron chi connectivity index (χ3n) is 5.77. The van der Waals surface area contributed by atoms with Crippen molar-refractivity contribution in [3.63, 3.8) is 0 Å². The monoisotopic (exact) mass is 391 g/mol. The van der Waals surface area contributed by atoms with E-state index < -0.39 is 0 Å². The highest BCUT2D eigenvalue weighted by molar-refractivity contribution is 5.83. The molecular formula is C20H33N5O3. The molecule has 0 radical (unpaired) electrons. The van der Waals surface area contributed by atoms with Crippen LogP contribution in [0.25, 0.3) is 0 Å². The summed E-state index contributed by atoms with van der Waals surface area (Å²) in [6.07, 6.45) is 1.11. The van der Waals surface area contributed by atoms with Crippen molar-refractivity contribution in [2.45, 2.75) is 33.2 Å². The van der Waals surface area contributed by atoms with Crippen LogP contribution in [0.4, 0.5) is 0 Å². The molecule has 0 bridgehead atoms. The van der Waals surface area contributed by atoms with Gasteiger partial charge in [0.05, 0.1) is 31.4 Å². The van der Waals surface area contributed by atoms with Gasteiger partial charge in [0.15, 0.2) is 0 Å². The number of rotatable bonds is 7. The lowest BCUT2D eigenvalue weighted by molar-refractivity contribution is -0.142. The summed E-state index contributed by atoms with van der Waals surface area (Å²) >= 11 is 0. The lowest BCUT2D eigenvalue weighted by atomic mass is 9.96. The average Bonchev–Trinajstić information content (AvgIpc) is 3.02. The largest absolute Gasteiger partial charge is 0.379 e. The maximum atomic E-state index is 12.9. The zero-order valence-corrected chi connectivity index (χ0v) is 17.4. The van der Waals surface area contributed by atoms with Crippen molar-refractivity contribution in [2.24, 2.45) is 5.92 Å². The van der Waals surface area contributed by atoms with Crippen LogP contribution >= 0.6 is 0 Å². The molecule has 0 aliphatic carbocycles. The van der Waals surface area contributed by atoms with Crippen LogP contribution in [-0.4, -0.2) is 95.8 Å². The summed E-state index contributed by atoms with van der Waals surface area (Å²) in [7, 11) is 1.85. The molecule has 0 saturated carbocycles. The van der Waals surface area contributed by atoms with Gasteiger partial charge in [-0.25, -0.2) is 0 Å². The lowest BCUT2D eigenvalue weighted by Crippen LogP contribution is -2.49. The van der Waals surface area contributed by atoms with E-state index in [0.29, 0.717) is 39.0 Å². The van der Waals surface area contributed by atoms with E-state index in [1.165, 1.54) is 0 Å². The van der Waals surface area contributed by atoms with Crippen molar-refractivity contribution in [3.05, 3.63) is 17.5 Å². The number of piperidine rings is 1. The number of aryl methyl sites for hydroxylation is 2. The molecule has 28 heavy (non-hydrogen) atoms. The quantitative estimate of drug-likeness (QED) is 0.678. The van der Waals surface area contributed by atoms with E-state index in [9.17, 15) is 9.59 Å². The molecule has 2 saturated heterocycles. The van der Waals surface area contributed by atoms with Crippen LogP contribution in [0.2, 0.25) is 0 Å². The Balaban J connectivity index is 1.48. The Morgan fingerprint density at radius 1 is 1.25 bits per heavy atom. The summed E-state index contributed by atoms with van der Waals surface area (Å²) in [4.78, 5) is 31.2. The third-order valence-corrected chi connectivity index (χ3v) is 5.77. The Labute approximate surface area is 167 Å². The van der Waals surface area contributed by atoms with E-state index in [1.54, 1.807) is 4.90 Å². The highest BCUT2D eigenvalue weighted by Crippen LogP contribution is 2.20. The van der Waals surface area contributed by atoms with Crippen LogP contribution in [0, 0.1) is 19.8 Å². The van der Waals surface area contributed by atoms with Crippen LogP contribution in [0.1, 0.15) is 24.2 Å². The van der Waals surface area contributed by atoms with Crippen molar-refractivity contribution in [2.75, 3.05) is 59.5 Å². The number of ether oxygens (including phenoxy) is 1. The zero-order valence-electron chi connectivity index (χ0n) is 17.4. The number of likely N-dealkylation sites (tertiary alicyclic amines) is 1. The minimum atomic E-state index is -0.104. The first-order valence-electron chi connectivity index (χ1n) is 10.3. The van der Waals surface area contributed by atoms with Crippen LogP contribution in [0.15, 0.2) is 6.07 Å². The lowest BCUT2D eigenvalue weighted by Gasteiger charge is -2.35. The molecule has 1 atom stereocenters. The van der Waals surface area contributed by atoms with Crippen LogP contribution in [-0.2, 0) is 20.9 Å². The van der Waals surface area contributed by atoms with Crippen molar-refractivity contribution in [1.82, 2.24) is 24.5 Å². The van der Waals surface area contributed by atoms with Gasteiger partial charge < -0.3 is 14.5 Å². The minimum Gasteiger partial charge on any atom is -0.379 e. The second-order valence-electron chi connectivity index (χ2n) is 7.94. The molecule has 2 aliphatic rings. The van der Waals surface area contributed by atoms with E-state index >= 15 is 0 Å². The molecule has 1 aromatic heterocycles. The van der Waals surface area contributed by atoms with Gasteiger partial charge in [-0.1, -0.05) is 0 Å². The van der Waals surface area contributed by atoms with Gasteiger partial charge in [-0.2, -0.15) is 5.10 Å². The number of morpholine rings is 1. The van der Waals surface area contributed by atoms with E-state index in [0.717, 1.165) is 44.2 Å². The fourth-order valence-electron chi connectivity index (χ4n) is 3.99. The molecule has 8 heteroatoms. The predicted molar refractivity (Wildman–Crippen MR) is 106 cm³/mol. The molecule has 2 amide bonds. The third kappa shape index (κ3) is 5.32. The first-order valence-corrected chi connectivity index (χ1v) is 10.3. The minimum absolute atomic E-state index is 0.104. The molecule has 0 aromatic carbocycles. The van der Waals surface area contributed by atoms with E-state index in [2.05, 4.69) is 10.00 Å². The average molecular weight is 392 g/mol. The maximum Gasteiger partial charge on any atom is 0.227 e. The number of likely N-dealkylation sites (N-methyl/N-ethyl adjacent to an activating group) is 1. The Hall–Kier alpha value is -1.93. The van der Waals surface area contributed by atoms with Crippen LogP contribution in [0.5, 0.6) is 0 Å². The van der Waals surface area contributed by atoms with Crippen LogP contribution in [0.3, 0.4) is 0 Å². The predicted octanol–water partition coefficient (Wildman–Crippen LogP) is 0.529. The summed E-state index contributed by atoms with van der Waals surface area (Å²) < 4.78 is 7.32. The fraction of sp³-hybridized carbons (Fsp3) is 0.750. The van der Waals surface area contributed by atoms with Gasteiger partial charge >= 0.3 is 0 Å². The first kappa shape index (κ1) is 20.8. The van der Waals surface area contributed by atoms with Gasteiger partial charge in [0.1, 0.15) is 0 Å². The Morgan fingerprint density at radius 2 is 2.00 bits per heavy atom. The second-order valence-corrected chi connectivity index (χ2v) is 7.94. The van der Waals surface area contributed by atoms with Gasteiger partial charge in [-0.05, 0) is 26.3 Å². The number of aromatic nitrogens is 2. The highest BCUT2D eigenvalue weighted by atomic mass is 16.5. The van der Waals surface area contributed by atoms with Gasteiger partial charge in [-0.3, -0.25) is 19.2 Å². The Morgan fingerprint density at radius 3 is 2.68 bits per heavy atom. The molecule has 0 spiro atoms. The molecule has 3 heterocycles. The summed E-state index contributed by atoms with van der Waals surface area (Å²) in [5, 5.41) is 4.46. The van der Waals surface area contributed by atoms with Gasteiger partial charge in [-0.15, -0.1) is 0 Å². The molecule has 2 fully saturated rings. The van der Waals surface area contributed by atoms with Crippen LogP contribution < -0.4 is 0 Å². The summed E-state index contributed by atoms with van der Waals surface area (Å²) in [5.41, 5.74) is 2.10. The van der Waals surface area contributed by atoms with Gasteiger partial charge in [0, 0.05) is 58.4 Å². The first-order chi connectivity index (χ1) is 13.4. The van der Waals surface area contributed by atoms with Gasteiger partial charge in [0.25, 0.3) is 0 Å².